The third-order valence-electron chi connectivity index (χ3n) is 3.69. The average Bonchev–Trinajstić information content (AvgIpc) is 2.61. The monoisotopic (exact) mass is 286 g/mol. The molecule has 0 amide bonds. The second-order valence-corrected chi connectivity index (χ2v) is 4.96. The average molecular weight is 286 g/mol. The van der Waals surface area contributed by atoms with Crippen LogP contribution in [-0.2, 0) is 0 Å². The standard InChI is InChI=1S/C20H14O2/c21-13-16-9-6-12-19(20(16)14-22)18-11-5-4-10-17(18)15-7-2-1-3-8-15/h1-14H. The van der Waals surface area contributed by atoms with Gasteiger partial charge in [0.05, 0.1) is 0 Å². The first-order chi connectivity index (χ1) is 10.8. The van der Waals surface area contributed by atoms with Crippen molar-refractivity contribution in [3.8, 4) is 22.3 Å². The van der Waals surface area contributed by atoms with Gasteiger partial charge < -0.3 is 0 Å². The number of carbonyl (C=O) groups is 2. The summed E-state index contributed by atoms with van der Waals surface area (Å²) in [6.45, 7) is 0. The number of hydrogen-bond acceptors (Lipinski definition) is 2. The highest BCUT2D eigenvalue weighted by atomic mass is 16.1. The van der Waals surface area contributed by atoms with Crippen LogP contribution in [0.15, 0.2) is 72.8 Å². The van der Waals surface area contributed by atoms with Crippen LogP contribution < -0.4 is 0 Å². The molecule has 0 aromatic heterocycles. The molecule has 0 aliphatic rings. The molecule has 0 bridgehead atoms. The molecule has 0 atom stereocenters. The minimum Gasteiger partial charge on any atom is -0.298 e. The molecule has 0 fully saturated rings. The summed E-state index contributed by atoms with van der Waals surface area (Å²) >= 11 is 0. The maximum Gasteiger partial charge on any atom is 0.151 e. The lowest BCUT2D eigenvalue weighted by atomic mass is 9.90. The Morgan fingerprint density at radius 3 is 1.86 bits per heavy atom. The maximum atomic E-state index is 11.5. The fraction of sp³-hybridized carbons (Fsp3) is 0. The lowest BCUT2D eigenvalue weighted by molar-refractivity contribution is 0.109. The van der Waals surface area contributed by atoms with Crippen molar-refractivity contribution in [3.05, 3.63) is 83.9 Å². The first kappa shape index (κ1) is 14.0. The Hall–Kier alpha value is -3.00. The zero-order valence-corrected chi connectivity index (χ0v) is 11.9. The van der Waals surface area contributed by atoms with E-state index >= 15 is 0 Å². The Balaban J connectivity index is 2.27. The van der Waals surface area contributed by atoms with Crippen molar-refractivity contribution in [2.45, 2.75) is 0 Å². The SMILES string of the molecule is O=Cc1cccc(-c2ccccc2-c2ccccc2)c1C=O. The van der Waals surface area contributed by atoms with Gasteiger partial charge >= 0.3 is 0 Å². The molecule has 0 unspecified atom stereocenters. The molecule has 0 heterocycles. The molecule has 0 aliphatic carbocycles. The zero-order chi connectivity index (χ0) is 15.4. The fourth-order valence-electron chi connectivity index (χ4n) is 2.64. The van der Waals surface area contributed by atoms with Gasteiger partial charge in [0.25, 0.3) is 0 Å². The van der Waals surface area contributed by atoms with E-state index in [2.05, 4.69) is 0 Å². The number of benzene rings is 3. The van der Waals surface area contributed by atoms with Crippen molar-refractivity contribution >= 4 is 12.6 Å². The van der Waals surface area contributed by atoms with Gasteiger partial charge in [-0.15, -0.1) is 0 Å². The van der Waals surface area contributed by atoms with Gasteiger partial charge in [0.15, 0.2) is 12.6 Å². The van der Waals surface area contributed by atoms with E-state index < -0.39 is 0 Å². The van der Waals surface area contributed by atoms with Crippen LogP contribution >= 0.6 is 0 Å². The fourth-order valence-corrected chi connectivity index (χ4v) is 2.64. The van der Waals surface area contributed by atoms with Crippen LogP contribution in [0.2, 0.25) is 0 Å². The number of carbonyl (C=O) groups excluding carboxylic acids is 2. The van der Waals surface area contributed by atoms with E-state index in [0.717, 1.165) is 34.8 Å². The highest BCUT2D eigenvalue weighted by Crippen LogP contribution is 2.34. The van der Waals surface area contributed by atoms with Crippen molar-refractivity contribution in [3.63, 3.8) is 0 Å². The largest absolute Gasteiger partial charge is 0.298 e. The van der Waals surface area contributed by atoms with Crippen LogP contribution in [0.1, 0.15) is 20.7 Å². The number of hydrogen-bond donors (Lipinski definition) is 0. The summed E-state index contributed by atoms with van der Waals surface area (Å²) < 4.78 is 0. The maximum absolute atomic E-state index is 11.5. The Labute approximate surface area is 129 Å². The van der Waals surface area contributed by atoms with E-state index in [1.807, 2.05) is 60.7 Å². The molecular formula is C20H14O2. The minimum atomic E-state index is 0.412. The highest BCUT2D eigenvalue weighted by Gasteiger charge is 2.12. The Kier molecular flexibility index (Phi) is 3.92. The van der Waals surface area contributed by atoms with E-state index in [4.69, 9.17) is 0 Å². The van der Waals surface area contributed by atoms with E-state index in [1.165, 1.54) is 0 Å². The normalized spacial score (nSPS) is 10.2. The van der Waals surface area contributed by atoms with Gasteiger partial charge in [0, 0.05) is 11.1 Å². The molecule has 0 saturated carbocycles. The van der Waals surface area contributed by atoms with Gasteiger partial charge in [-0.1, -0.05) is 72.8 Å². The summed E-state index contributed by atoms with van der Waals surface area (Å²) in [7, 11) is 0. The van der Waals surface area contributed by atoms with Crippen LogP contribution in [0.5, 0.6) is 0 Å². The van der Waals surface area contributed by atoms with Crippen molar-refractivity contribution in [1.82, 2.24) is 0 Å². The lowest BCUT2D eigenvalue weighted by Gasteiger charge is -2.12. The quantitative estimate of drug-likeness (QED) is 0.654. The zero-order valence-electron chi connectivity index (χ0n) is 11.9. The third kappa shape index (κ3) is 2.47. The smallest absolute Gasteiger partial charge is 0.151 e. The van der Waals surface area contributed by atoms with E-state index in [1.54, 1.807) is 12.1 Å². The molecule has 3 aromatic carbocycles. The summed E-state index contributed by atoms with van der Waals surface area (Å²) in [4.78, 5) is 22.6. The second kappa shape index (κ2) is 6.19. The predicted octanol–water partition coefficient (Wildman–Crippen LogP) is 4.65. The molecule has 0 radical (unpaired) electrons. The summed E-state index contributed by atoms with van der Waals surface area (Å²) in [5.74, 6) is 0. The van der Waals surface area contributed by atoms with E-state index in [9.17, 15) is 9.59 Å². The molecule has 0 spiro atoms. The van der Waals surface area contributed by atoms with E-state index in [0.29, 0.717) is 11.1 Å². The number of aldehydes is 2. The topological polar surface area (TPSA) is 34.1 Å². The Bertz CT molecular complexity index is 820. The summed E-state index contributed by atoms with van der Waals surface area (Å²) in [6.07, 6.45) is 1.47. The number of rotatable bonds is 4. The van der Waals surface area contributed by atoms with Crippen LogP contribution in [0.25, 0.3) is 22.3 Å². The van der Waals surface area contributed by atoms with Crippen LogP contribution in [0, 0.1) is 0 Å². The third-order valence-corrected chi connectivity index (χ3v) is 3.69. The summed E-state index contributed by atoms with van der Waals surface area (Å²) in [5.41, 5.74) is 4.68. The van der Waals surface area contributed by atoms with Crippen molar-refractivity contribution in [1.29, 1.82) is 0 Å². The van der Waals surface area contributed by atoms with Gasteiger partial charge in [-0.3, -0.25) is 9.59 Å². The van der Waals surface area contributed by atoms with Crippen molar-refractivity contribution in [2.24, 2.45) is 0 Å². The molecule has 0 aliphatic heterocycles. The molecule has 22 heavy (non-hydrogen) atoms. The molecule has 3 rings (SSSR count). The van der Waals surface area contributed by atoms with Crippen LogP contribution in [0.4, 0.5) is 0 Å². The molecule has 2 heteroatoms. The van der Waals surface area contributed by atoms with Gasteiger partial charge in [0.1, 0.15) is 0 Å². The van der Waals surface area contributed by atoms with Gasteiger partial charge in [-0.25, -0.2) is 0 Å². The molecule has 106 valence electrons. The first-order valence-electron chi connectivity index (χ1n) is 7.03. The van der Waals surface area contributed by atoms with Gasteiger partial charge in [-0.05, 0) is 22.3 Å². The molecule has 0 saturated heterocycles. The Morgan fingerprint density at radius 1 is 0.545 bits per heavy atom. The molecular weight excluding hydrogens is 272 g/mol. The summed E-state index contributed by atoms with van der Waals surface area (Å²) in [5, 5.41) is 0. The van der Waals surface area contributed by atoms with Gasteiger partial charge in [-0.2, -0.15) is 0 Å². The minimum absolute atomic E-state index is 0.412. The van der Waals surface area contributed by atoms with E-state index in [-0.39, 0.29) is 0 Å². The highest BCUT2D eigenvalue weighted by molar-refractivity contribution is 5.99. The molecule has 0 N–H and O–H groups in total. The summed E-state index contributed by atoms with van der Waals surface area (Å²) in [6, 6.07) is 23.2. The molecule has 3 aromatic rings. The lowest BCUT2D eigenvalue weighted by Crippen LogP contribution is -1.96. The second-order valence-electron chi connectivity index (χ2n) is 4.96. The van der Waals surface area contributed by atoms with Crippen LogP contribution in [0.3, 0.4) is 0 Å². The van der Waals surface area contributed by atoms with Crippen LogP contribution in [-0.4, -0.2) is 12.6 Å². The first-order valence-corrected chi connectivity index (χ1v) is 7.03. The van der Waals surface area contributed by atoms with Gasteiger partial charge in [0.2, 0.25) is 0 Å². The predicted molar refractivity (Wildman–Crippen MR) is 88.1 cm³/mol. The Morgan fingerprint density at radius 2 is 1.18 bits per heavy atom. The van der Waals surface area contributed by atoms with Crippen molar-refractivity contribution < 1.29 is 9.59 Å². The van der Waals surface area contributed by atoms with Crippen molar-refractivity contribution in [2.75, 3.05) is 0 Å². The molecule has 2 nitrogen and oxygen atoms in total.